The molecule has 2 aliphatic heterocycles. The molecule has 0 radical (unpaired) electrons. The van der Waals surface area contributed by atoms with E-state index in [2.05, 4.69) is 16.5 Å². The Hall–Kier alpha value is -2.16. The predicted molar refractivity (Wildman–Crippen MR) is 106 cm³/mol. The SMILES string of the molecule is S=c1oc(-c2ccc3c(c2)OCO3)nn1C[NH+]1CCc2sccc2[C@@H]1C1CC1. The van der Waals surface area contributed by atoms with Crippen LogP contribution in [0.3, 0.4) is 0 Å². The molecule has 0 bridgehead atoms. The molecule has 6 rings (SSSR count). The van der Waals surface area contributed by atoms with Crippen molar-refractivity contribution in [1.82, 2.24) is 9.78 Å². The van der Waals surface area contributed by atoms with Crippen LogP contribution in [0.15, 0.2) is 34.1 Å². The zero-order valence-corrected chi connectivity index (χ0v) is 16.9. The quantitative estimate of drug-likeness (QED) is 0.665. The summed E-state index contributed by atoms with van der Waals surface area (Å²) in [5.41, 5.74) is 2.39. The maximum absolute atomic E-state index is 5.83. The van der Waals surface area contributed by atoms with E-state index in [1.807, 2.05) is 34.2 Å². The van der Waals surface area contributed by atoms with Gasteiger partial charge in [-0.15, -0.1) is 16.4 Å². The lowest BCUT2D eigenvalue weighted by atomic mass is 9.96. The van der Waals surface area contributed by atoms with Gasteiger partial charge in [0.2, 0.25) is 12.7 Å². The van der Waals surface area contributed by atoms with Gasteiger partial charge in [0.15, 0.2) is 18.2 Å². The molecule has 1 saturated carbocycles. The molecule has 0 spiro atoms. The van der Waals surface area contributed by atoms with Crippen LogP contribution in [0.5, 0.6) is 11.5 Å². The van der Waals surface area contributed by atoms with E-state index in [9.17, 15) is 0 Å². The first-order valence-electron chi connectivity index (χ1n) is 9.65. The molecule has 4 heterocycles. The second kappa shape index (κ2) is 6.43. The summed E-state index contributed by atoms with van der Waals surface area (Å²) in [5.74, 6) is 2.78. The summed E-state index contributed by atoms with van der Waals surface area (Å²) < 4.78 is 18.5. The van der Waals surface area contributed by atoms with Crippen molar-refractivity contribution in [1.29, 1.82) is 0 Å². The van der Waals surface area contributed by atoms with Gasteiger partial charge in [-0.1, -0.05) is 0 Å². The molecule has 8 heteroatoms. The van der Waals surface area contributed by atoms with E-state index in [0.29, 0.717) is 22.5 Å². The summed E-state index contributed by atoms with van der Waals surface area (Å²) in [6.45, 7) is 2.11. The van der Waals surface area contributed by atoms with E-state index >= 15 is 0 Å². The van der Waals surface area contributed by atoms with Crippen molar-refractivity contribution in [2.45, 2.75) is 32.0 Å². The number of thiophene rings is 1. The molecular formula is C20H20N3O3S2+. The number of benzene rings is 1. The van der Waals surface area contributed by atoms with E-state index in [1.165, 1.54) is 17.7 Å². The first kappa shape index (κ1) is 16.8. The van der Waals surface area contributed by atoms with Crippen LogP contribution in [0.25, 0.3) is 11.5 Å². The van der Waals surface area contributed by atoms with Crippen molar-refractivity contribution in [2.24, 2.45) is 5.92 Å². The van der Waals surface area contributed by atoms with Crippen molar-refractivity contribution < 1.29 is 18.8 Å². The van der Waals surface area contributed by atoms with Crippen LogP contribution in [0, 0.1) is 10.8 Å². The largest absolute Gasteiger partial charge is 0.454 e. The Labute approximate surface area is 171 Å². The fraction of sp³-hybridized carbons (Fsp3) is 0.400. The third kappa shape index (κ3) is 2.78. The second-order valence-corrected chi connectivity index (χ2v) is 9.02. The zero-order chi connectivity index (χ0) is 18.7. The molecule has 1 N–H and O–H groups in total. The highest BCUT2D eigenvalue weighted by atomic mass is 32.1. The van der Waals surface area contributed by atoms with E-state index in [0.717, 1.165) is 36.9 Å². The van der Waals surface area contributed by atoms with Crippen LogP contribution in [-0.4, -0.2) is 23.1 Å². The molecule has 1 aromatic carbocycles. The summed E-state index contributed by atoms with van der Waals surface area (Å²) in [4.78, 5) is 3.52. The van der Waals surface area contributed by atoms with E-state index in [4.69, 9.17) is 26.1 Å². The third-order valence-corrected chi connectivity index (χ3v) is 7.19. The van der Waals surface area contributed by atoms with Crippen LogP contribution in [0.2, 0.25) is 0 Å². The number of nitrogens with zero attached hydrogens (tertiary/aromatic N) is 2. The van der Waals surface area contributed by atoms with Crippen LogP contribution >= 0.6 is 23.6 Å². The Morgan fingerprint density at radius 3 is 3.00 bits per heavy atom. The summed E-state index contributed by atoms with van der Waals surface area (Å²) in [6.07, 6.45) is 3.79. The lowest BCUT2D eigenvalue weighted by Gasteiger charge is -2.32. The summed E-state index contributed by atoms with van der Waals surface area (Å²) >= 11 is 7.39. The fourth-order valence-corrected chi connectivity index (χ4v) is 5.53. The molecular weight excluding hydrogens is 394 g/mol. The molecule has 0 amide bonds. The van der Waals surface area contributed by atoms with Gasteiger partial charge in [0.25, 0.3) is 4.84 Å². The lowest BCUT2D eigenvalue weighted by Crippen LogP contribution is -3.13. The molecule has 1 fully saturated rings. The van der Waals surface area contributed by atoms with Crippen LogP contribution in [-0.2, 0) is 13.1 Å². The van der Waals surface area contributed by atoms with Gasteiger partial charge in [-0.25, -0.2) is 0 Å². The Bertz CT molecular complexity index is 1100. The molecule has 3 aromatic rings. The number of ether oxygens (including phenoxy) is 2. The van der Waals surface area contributed by atoms with Gasteiger partial charge in [-0.2, -0.15) is 4.68 Å². The minimum absolute atomic E-state index is 0.252. The number of nitrogens with one attached hydrogen (secondary N) is 1. The Morgan fingerprint density at radius 2 is 2.11 bits per heavy atom. The first-order valence-corrected chi connectivity index (χ1v) is 10.9. The van der Waals surface area contributed by atoms with Crippen molar-refractivity contribution in [3.05, 3.63) is 44.9 Å². The molecule has 6 nitrogen and oxygen atoms in total. The summed E-state index contributed by atoms with van der Waals surface area (Å²) in [7, 11) is 0. The van der Waals surface area contributed by atoms with E-state index in [1.54, 1.807) is 10.4 Å². The zero-order valence-electron chi connectivity index (χ0n) is 15.2. The normalized spacial score (nSPS) is 23.0. The third-order valence-electron chi connectivity index (χ3n) is 5.90. The van der Waals surface area contributed by atoms with Gasteiger partial charge >= 0.3 is 0 Å². The maximum Gasteiger partial charge on any atom is 0.292 e. The first-order chi connectivity index (χ1) is 13.8. The second-order valence-electron chi connectivity index (χ2n) is 7.67. The Balaban J connectivity index is 1.29. The summed E-state index contributed by atoms with van der Waals surface area (Å²) in [6, 6.07) is 8.58. The van der Waals surface area contributed by atoms with Gasteiger partial charge in [0, 0.05) is 28.3 Å². The molecule has 2 aromatic heterocycles. The molecule has 28 heavy (non-hydrogen) atoms. The van der Waals surface area contributed by atoms with Gasteiger partial charge in [-0.3, -0.25) is 0 Å². The molecule has 1 unspecified atom stereocenters. The molecule has 0 saturated heterocycles. The Morgan fingerprint density at radius 1 is 1.21 bits per heavy atom. The van der Waals surface area contributed by atoms with E-state index < -0.39 is 0 Å². The highest BCUT2D eigenvalue weighted by Gasteiger charge is 2.43. The average molecular weight is 415 g/mol. The van der Waals surface area contributed by atoms with Crippen molar-refractivity contribution in [3.8, 4) is 23.0 Å². The Kier molecular flexibility index (Phi) is 3.85. The molecule has 1 aliphatic carbocycles. The number of hydrogen-bond donors (Lipinski definition) is 1. The predicted octanol–water partition coefficient (Wildman–Crippen LogP) is 3.21. The minimum atomic E-state index is 0.252. The highest BCUT2D eigenvalue weighted by molar-refractivity contribution is 7.71. The molecule has 2 atom stereocenters. The van der Waals surface area contributed by atoms with Crippen LogP contribution < -0.4 is 14.4 Å². The number of aromatic nitrogens is 2. The molecule has 3 aliphatic rings. The monoisotopic (exact) mass is 414 g/mol. The fourth-order valence-electron chi connectivity index (χ4n) is 4.42. The number of rotatable bonds is 4. The smallest absolute Gasteiger partial charge is 0.292 e. The van der Waals surface area contributed by atoms with Gasteiger partial charge in [-0.05, 0) is 54.7 Å². The minimum Gasteiger partial charge on any atom is -0.454 e. The van der Waals surface area contributed by atoms with E-state index in [-0.39, 0.29) is 6.79 Å². The topological polar surface area (TPSA) is 53.9 Å². The van der Waals surface area contributed by atoms with Gasteiger partial charge in [0.1, 0.15) is 6.04 Å². The maximum atomic E-state index is 5.83. The van der Waals surface area contributed by atoms with Crippen LogP contribution in [0.4, 0.5) is 0 Å². The average Bonchev–Trinajstić information content (AvgIpc) is 3.09. The number of fused-ring (bicyclic) bond motifs is 2. The van der Waals surface area contributed by atoms with Crippen LogP contribution in [0.1, 0.15) is 29.3 Å². The standard InChI is InChI=1S/C20H19N3O3S2/c27-20-23(21-19(26-20)13-3-4-15-16(9-13)25-11-24-15)10-22-7-5-17-14(6-8-28-17)18(22)12-1-2-12/h3-4,6,8-9,12,18H,1-2,5,7,10-11H2/p+1/t18-/m0/s1. The number of quaternary nitrogens is 1. The lowest BCUT2D eigenvalue weighted by molar-refractivity contribution is -0.958. The van der Waals surface area contributed by atoms with Gasteiger partial charge in [0.05, 0.1) is 6.54 Å². The van der Waals surface area contributed by atoms with Crippen molar-refractivity contribution >= 4 is 23.6 Å². The number of hydrogen-bond acceptors (Lipinski definition) is 6. The highest BCUT2D eigenvalue weighted by Crippen LogP contribution is 2.42. The molecule has 144 valence electrons. The summed E-state index contributed by atoms with van der Waals surface area (Å²) in [5, 5.41) is 6.93. The van der Waals surface area contributed by atoms with Crippen molar-refractivity contribution in [2.75, 3.05) is 13.3 Å². The van der Waals surface area contributed by atoms with Gasteiger partial charge < -0.3 is 18.8 Å². The van der Waals surface area contributed by atoms with Crippen molar-refractivity contribution in [3.63, 3.8) is 0 Å².